The molecule has 0 saturated heterocycles. The Morgan fingerprint density at radius 3 is 2.71 bits per heavy atom. The normalized spacial score (nSPS) is 11.9. The zero-order valence-electron chi connectivity index (χ0n) is 10.2. The van der Waals surface area contributed by atoms with Crippen LogP contribution in [0.25, 0.3) is 0 Å². The third kappa shape index (κ3) is 3.52. The summed E-state index contributed by atoms with van der Waals surface area (Å²) in [7, 11) is -3.62. The first-order valence-corrected chi connectivity index (χ1v) is 7.15. The molecule has 1 heterocycles. The number of aromatic amines is 1. The summed E-state index contributed by atoms with van der Waals surface area (Å²) in [6.45, 7) is 3.78. The van der Waals surface area contributed by atoms with E-state index in [2.05, 4.69) is 21.8 Å². The Kier molecular flexibility index (Phi) is 5.10. The van der Waals surface area contributed by atoms with Crippen LogP contribution in [-0.4, -0.2) is 30.3 Å². The lowest BCUT2D eigenvalue weighted by Gasteiger charge is -2.05. The van der Waals surface area contributed by atoms with Crippen molar-refractivity contribution < 1.29 is 13.5 Å². The third-order valence-corrected chi connectivity index (χ3v) is 3.95. The average molecular weight is 261 g/mol. The number of aliphatic hydroxyl groups is 1. The number of H-pyrrole nitrogens is 1. The number of aliphatic hydroxyl groups excluding tert-OH is 1. The van der Waals surface area contributed by atoms with E-state index in [0.717, 1.165) is 19.3 Å². The Balaban J connectivity index is 2.75. The van der Waals surface area contributed by atoms with Crippen LogP contribution < -0.4 is 4.72 Å². The molecule has 0 aliphatic carbocycles. The highest BCUT2D eigenvalue weighted by Crippen LogP contribution is 2.15. The van der Waals surface area contributed by atoms with Crippen LogP contribution in [0.3, 0.4) is 0 Å². The lowest BCUT2D eigenvalue weighted by molar-refractivity contribution is 0.277. The van der Waals surface area contributed by atoms with E-state index in [1.165, 1.54) is 0 Å². The molecule has 0 aliphatic heterocycles. The van der Waals surface area contributed by atoms with E-state index in [-0.39, 0.29) is 11.6 Å². The fourth-order valence-electron chi connectivity index (χ4n) is 1.49. The molecule has 0 fully saturated rings. The molecule has 7 heteroatoms. The van der Waals surface area contributed by atoms with Crippen molar-refractivity contribution >= 4 is 10.0 Å². The topological polar surface area (TPSA) is 95.1 Å². The van der Waals surface area contributed by atoms with Gasteiger partial charge in [0.1, 0.15) is 0 Å². The van der Waals surface area contributed by atoms with Gasteiger partial charge in [-0.05, 0) is 13.3 Å². The van der Waals surface area contributed by atoms with Gasteiger partial charge in [-0.3, -0.25) is 5.10 Å². The molecule has 3 N–H and O–H groups in total. The van der Waals surface area contributed by atoms with Crippen LogP contribution >= 0.6 is 0 Å². The van der Waals surface area contributed by atoms with Crippen molar-refractivity contribution in [2.45, 2.75) is 44.7 Å². The summed E-state index contributed by atoms with van der Waals surface area (Å²) < 4.78 is 26.2. The van der Waals surface area contributed by atoms with Gasteiger partial charge < -0.3 is 5.11 Å². The summed E-state index contributed by atoms with van der Waals surface area (Å²) in [4.78, 5) is 0. The van der Waals surface area contributed by atoms with E-state index in [0.29, 0.717) is 17.8 Å². The third-order valence-electron chi connectivity index (χ3n) is 2.52. The number of sulfonamides is 1. The smallest absolute Gasteiger partial charge is 0.260 e. The summed E-state index contributed by atoms with van der Waals surface area (Å²) in [5.74, 6) is 0. The average Bonchev–Trinajstić information content (AvgIpc) is 2.66. The fourth-order valence-corrected chi connectivity index (χ4v) is 2.75. The van der Waals surface area contributed by atoms with Gasteiger partial charge >= 0.3 is 0 Å². The van der Waals surface area contributed by atoms with E-state index in [4.69, 9.17) is 5.11 Å². The van der Waals surface area contributed by atoms with Gasteiger partial charge in [0.2, 0.25) is 0 Å². The molecule has 0 aliphatic rings. The quantitative estimate of drug-likeness (QED) is 0.629. The molecule has 0 amide bonds. The SMILES string of the molecule is CCCCCNS(=O)(=O)c1n[nH]c(C)c1CO. The number of hydrogen-bond acceptors (Lipinski definition) is 4. The first-order valence-electron chi connectivity index (χ1n) is 5.67. The Labute approximate surface area is 101 Å². The van der Waals surface area contributed by atoms with E-state index in [9.17, 15) is 8.42 Å². The molecular formula is C10H19N3O3S. The number of nitrogens with one attached hydrogen (secondary N) is 2. The maximum Gasteiger partial charge on any atom is 0.260 e. The molecule has 1 aromatic rings. The monoisotopic (exact) mass is 261 g/mol. The molecule has 0 aromatic carbocycles. The van der Waals surface area contributed by atoms with Gasteiger partial charge in [-0.1, -0.05) is 19.8 Å². The van der Waals surface area contributed by atoms with E-state index in [1.807, 2.05) is 0 Å². The number of rotatable bonds is 7. The Morgan fingerprint density at radius 2 is 2.12 bits per heavy atom. The molecule has 1 aromatic heterocycles. The molecule has 6 nitrogen and oxygen atoms in total. The summed E-state index contributed by atoms with van der Waals surface area (Å²) in [5, 5.41) is 15.3. The van der Waals surface area contributed by atoms with Crippen molar-refractivity contribution in [1.82, 2.24) is 14.9 Å². The van der Waals surface area contributed by atoms with Crippen LogP contribution in [-0.2, 0) is 16.6 Å². The maximum atomic E-state index is 11.9. The van der Waals surface area contributed by atoms with E-state index in [1.54, 1.807) is 6.92 Å². The molecule has 98 valence electrons. The van der Waals surface area contributed by atoms with Crippen LogP contribution in [0.15, 0.2) is 5.03 Å². The van der Waals surface area contributed by atoms with Crippen LogP contribution in [0.4, 0.5) is 0 Å². The van der Waals surface area contributed by atoms with Crippen molar-refractivity contribution in [2.24, 2.45) is 0 Å². The lowest BCUT2D eigenvalue weighted by atomic mass is 10.3. The van der Waals surface area contributed by atoms with Gasteiger partial charge in [0.05, 0.1) is 6.61 Å². The molecule has 1 rings (SSSR count). The Hall–Kier alpha value is -0.920. The Morgan fingerprint density at radius 1 is 1.41 bits per heavy atom. The summed E-state index contributed by atoms with van der Waals surface area (Å²) in [6.07, 6.45) is 2.81. The molecule has 0 spiro atoms. The first-order chi connectivity index (χ1) is 8.03. The highest BCUT2D eigenvalue weighted by Gasteiger charge is 2.22. The molecule has 0 atom stereocenters. The predicted molar refractivity (Wildman–Crippen MR) is 64.0 cm³/mol. The highest BCUT2D eigenvalue weighted by molar-refractivity contribution is 7.89. The van der Waals surface area contributed by atoms with Crippen LogP contribution in [0.2, 0.25) is 0 Å². The standard InChI is InChI=1S/C10H19N3O3S/c1-3-4-5-6-11-17(15,16)10-9(7-14)8(2)12-13-10/h11,14H,3-7H2,1-2H3,(H,12,13). The van der Waals surface area contributed by atoms with Crippen LogP contribution in [0.1, 0.15) is 37.4 Å². The van der Waals surface area contributed by atoms with Crippen molar-refractivity contribution in [1.29, 1.82) is 0 Å². The number of aryl methyl sites for hydroxylation is 1. The van der Waals surface area contributed by atoms with Gasteiger partial charge in [-0.2, -0.15) is 5.10 Å². The largest absolute Gasteiger partial charge is 0.392 e. The van der Waals surface area contributed by atoms with Gasteiger partial charge in [0.25, 0.3) is 10.0 Å². The number of aromatic nitrogens is 2. The van der Waals surface area contributed by atoms with Gasteiger partial charge in [-0.25, -0.2) is 13.1 Å². The van der Waals surface area contributed by atoms with Gasteiger partial charge in [0.15, 0.2) is 5.03 Å². The Bertz CT molecular complexity index is 453. The van der Waals surface area contributed by atoms with E-state index >= 15 is 0 Å². The molecule has 0 radical (unpaired) electrons. The van der Waals surface area contributed by atoms with Crippen molar-refractivity contribution in [2.75, 3.05) is 6.54 Å². The number of unbranched alkanes of at least 4 members (excludes halogenated alkanes) is 2. The molecule has 0 bridgehead atoms. The minimum absolute atomic E-state index is 0.103. The highest BCUT2D eigenvalue weighted by atomic mass is 32.2. The maximum absolute atomic E-state index is 11.9. The van der Waals surface area contributed by atoms with Crippen molar-refractivity contribution in [3.63, 3.8) is 0 Å². The summed E-state index contributed by atoms with van der Waals surface area (Å²) in [6, 6.07) is 0. The molecule has 17 heavy (non-hydrogen) atoms. The fraction of sp³-hybridized carbons (Fsp3) is 0.700. The summed E-state index contributed by atoms with van der Waals surface area (Å²) >= 11 is 0. The minimum atomic E-state index is -3.62. The number of nitrogens with zero attached hydrogens (tertiary/aromatic N) is 1. The predicted octanol–water partition coefficient (Wildman–Crippen LogP) is 0.679. The van der Waals surface area contributed by atoms with Crippen LogP contribution in [0, 0.1) is 6.92 Å². The van der Waals surface area contributed by atoms with E-state index < -0.39 is 10.0 Å². The zero-order valence-corrected chi connectivity index (χ0v) is 11.0. The molecule has 0 unspecified atom stereocenters. The van der Waals surface area contributed by atoms with Gasteiger partial charge in [0, 0.05) is 17.8 Å². The first kappa shape index (κ1) is 14.1. The zero-order chi connectivity index (χ0) is 12.9. The lowest BCUT2D eigenvalue weighted by Crippen LogP contribution is -2.26. The molecule has 0 saturated carbocycles. The van der Waals surface area contributed by atoms with Crippen molar-refractivity contribution in [3.8, 4) is 0 Å². The second-order valence-corrected chi connectivity index (χ2v) is 5.58. The second kappa shape index (κ2) is 6.13. The molecular weight excluding hydrogens is 242 g/mol. The van der Waals surface area contributed by atoms with Crippen molar-refractivity contribution in [3.05, 3.63) is 11.3 Å². The second-order valence-electron chi connectivity index (χ2n) is 3.90. The minimum Gasteiger partial charge on any atom is -0.392 e. The van der Waals surface area contributed by atoms with Crippen LogP contribution in [0.5, 0.6) is 0 Å². The number of hydrogen-bond donors (Lipinski definition) is 3. The summed E-state index contributed by atoms with van der Waals surface area (Å²) in [5.41, 5.74) is 0.898. The van der Waals surface area contributed by atoms with Gasteiger partial charge in [-0.15, -0.1) is 0 Å².